The van der Waals surface area contributed by atoms with E-state index in [2.05, 4.69) is 17.1 Å². The van der Waals surface area contributed by atoms with E-state index in [9.17, 15) is 15.0 Å². The summed E-state index contributed by atoms with van der Waals surface area (Å²) in [5.41, 5.74) is 4.63. The zero-order valence-corrected chi connectivity index (χ0v) is 17.7. The first-order valence-electron chi connectivity index (χ1n) is 10.9. The minimum Gasteiger partial charge on any atom is -0.508 e. The lowest BCUT2D eigenvalue weighted by molar-refractivity contribution is 0.0735. The normalized spacial score (nSPS) is 20.8. The Kier molecular flexibility index (Phi) is 5.02. The number of phenolic OH excluding ortho intramolecular Hbond substituents is 1. The number of nitrogens with zero attached hydrogens (tertiary/aromatic N) is 3. The number of aliphatic hydroxyl groups is 1. The van der Waals surface area contributed by atoms with Crippen molar-refractivity contribution in [2.45, 2.75) is 44.2 Å². The molecule has 3 aromatic rings. The van der Waals surface area contributed by atoms with Crippen LogP contribution in [0.4, 0.5) is 5.69 Å². The summed E-state index contributed by atoms with van der Waals surface area (Å²) in [7, 11) is 2.01. The van der Waals surface area contributed by atoms with Crippen LogP contribution in [-0.2, 0) is 6.42 Å². The molecule has 2 aliphatic rings. The average molecular weight is 418 g/mol. The molecular formula is C25H27N3O3. The van der Waals surface area contributed by atoms with Crippen molar-refractivity contribution in [3.8, 4) is 5.75 Å². The van der Waals surface area contributed by atoms with Crippen LogP contribution in [-0.4, -0.2) is 39.5 Å². The minimum absolute atomic E-state index is 0.0983. The van der Waals surface area contributed by atoms with Crippen molar-refractivity contribution in [3.63, 3.8) is 0 Å². The lowest BCUT2D eigenvalue weighted by Crippen LogP contribution is -2.35. The molecule has 0 radical (unpaired) electrons. The molecule has 6 heteroatoms. The number of phenols is 1. The molecule has 2 N–H and O–H groups in total. The molecule has 2 atom stereocenters. The van der Waals surface area contributed by atoms with E-state index >= 15 is 0 Å². The molecule has 1 fully saturated rings. The Morgan fingerprint density at radius 3 is 2.84 bits per heavy atom. The average Bonchev–Trinajstić information content (AvgIpc) is 2.75. The predicted octanol–water partition coefficient (Wildman–Crippen LogP) is 3.63. The van der Waals surface area contributed by atoms with Gasteiger partial charge in [0, 0.05) is 19.2 Å². The number of rotatable bonds is 3. The summed E-state index contributed by atoms with van der Waals surface area (Å²) in [6.07, 6.45) is 9.42. The van der Waals surface area contributed by atoms with Crippen molar-refractivity contribution in [1.82, 2.24) is 9.55 Å². The molecule has 2 heterocycles. The monoisotopic (exact) mass is 417 g/mol. The van der Waals surface area contributed by atoms with E-state index in [1.165, 1.54) is 0 Å². The first-order valence-corrected chi connectivity index (χ1v) is 10.9. The molecule has 160 valence electrons. The predicted molar refractivity (Wildman–Crippen MR) is 123 cm³/mol. The van der Waals surface area contributed by atoms with Crippen LogP contribution in [0.1, 0.15) is 48.4 Å². The topological polar surface area (TPSA) is 78.6 Å². The van der Waals surface area contributed by atoms with E-state index in [0.29, 0.717) is 17.3 Å². The van der Waals surface area contributed by atoms with Crippen LogP contribution in [0, 0.1) is 0 Å². The van der Waals surface area contributed by atoms with E-state index in [1.807, 2.05) is 25.2 Å². The molecule has 0 saturated heterocycles. The summed E-state index contributed by atoms with van der Waals surface area (Å²) < 4.78 is 1.63. The zero-order chi connectivity index (χ0) is 21.5. The van der Waals surface area contributed by atoms with Crippen LogP contribution < -0.4 is 10.5 Å². The highest BCUT2D eigenvalue weighted by molar-refractivity contribution is 5.97. The molecule has 6 nitrogen and oxygen atoms in total. The second kappa shape index (κ2) is 7.85. The summed E-state index contributed by atoms with van der Waals surface area (Å²) in [5, 5.41) is 21.0. The molecule has 1 aliphatic heterocycles. The highest BCUT2D eigenvalue weighted by Crippen LogP contribution is 2.36. The maximum atomic E-state index is 13.6. The van der Waals surface area contributed by atoms with E-state index in [0.717, 1.165) is 54.6 Å². The summed E-state index contributed by atoms with van der Waals surface area (Å²) >= 11 is 0. The smallest absolute Gasteiger partial charge is 0.261 e. The fourth-order valence-electron chi connectivity index (χ4n) is 5.01. The summed E-state index contributed by atoms with van der Waals surface area (Å²) in [6, 6.07) is 8.95. The first kappa shape index (κ1) is 19.8. The quantitative estimate of drug-likeness (QED) is 0.680. The zero-order valence-electron chi connectivity index (χ0n) is 17.7. The number of aromatic nitrogens is 2. The van der Waals surface area contributed by atoms with Crippen LogP contribution in [0.15, 0.2) is 47.5 Å². The molecular weight excluding hydrogens is 390 g/mol. The van der Waals surface area contributed by atoms with E-state index in [-0.39, 0.29) is 17.4 Å². The second-order valence-corrected chi connectivity index (χ2v) is 8.70. The third-order valence-corrected chi connectivity index (χ3v) is 6.58. The van der Waals surface area contributed by atoms with Crippen LogP contribution in [0.25, 0.3) is 17.0 Å². The standard InChI is InChI=1S/C25H27N3O3/c1-27-11-5-8-19-17(12-16-6-4-7-18(29)13-16)14-20-23(24(19)27)26-15-28(25(20)31)21-9-2-3-10-22(21)30/h4-8,13-15,21-22,29-30H,2-3,9-12H2,1H3/t21-,22-/m0/s1. The molecule has 0 bridgehead atoms. The maximum Gasteiger partial charge on any atom is 0.261 e. The molecule has 1 saturated carbocycles. The van der Waals surface area contributed by atoms with Gasteiger partial charge in [-0.05, 0) is 48.6 Å². The van der Waals surface area contributed by atoms with Gasteiger partial charge in [0.1, 0.15) is 11.3 Å². The molecule has 31 heavy (non-hydrogen) atoms. The molecule has 0 spiro atoms. The Bertz CT molecular complexity index is 1230. The highest BCUT2D eigenvalue weighted by Gasteiger charge is 2.27. The van der Waals surface area contributed by atoms with Gasteiger partial charge in [-0.1, -0.05) is 37.1 Å². The number of hydrogen-bond acceptors (Lipinski definition) is 5. The largest absolute Gasteiger partial charge is 0.508 e. The van der Waals surface area contributed by atoms with Gasteiger partial charge < -0.3 is 15.1 Å². The molecule has 5 rings (SSSR count). The van der Waals surface area contributed by atoms with Gasteiger partial charge in [-0.25, -0.2) is 4.98 Å². The molecule has 1 aromatic heterocycles. The number of hydrogen-bond donors (Lipinski definition) is 2. The van der Waals surface area contributed by atoms with E-state index in [4.69, 9.17) is 4.98 Å². The molecule has 2 aromatic carbocycles. The van der Waals surface area contributed by atoms with Crippen molar-refractivity contribution in [3.05, 3.63) is 69.8 Å². The van der Waals surface area contributed by atoms with Crippen molar-refractivity contribution in [2.24, 2.45) is 0 Å². The number of fused-ring (bicyclic) bond motifs is 3. The highest BCUT2D eigenvalue weighted by atomic mass is 16.3. The third kappa shape index (κ3) is 3.51. The van der Waals surface area contributed by atoms with Gasteiger partial charge in [0.2, 0.25) is 0 Å². The van der Waals surface area contributed by atoms with Crippen LogP contribution in [0.2, 0.25) is 0 Å². The van der Waals surface area contributed by atoms with Crippen molar-refractivity contribution in [2.75, 3.05) is 18.5 Å². The van der Waals surface area contributed by atoms with Gasteiger partial charge in [0.25, 0.3) is 5.56 Å². The van der Waals surface area contributed by atoms with Crippen molar-refractivity contribution < 1.29 is 10.2 Å². The van der Waals surface area contributed by atoms with Gasteiger partial charge in [-0.15, -0.1) is 0 Å². The fraction of sp³-hybridized carbons (Fsp3) is 0.360. The Hall–Kier alpha value is -3.12. The number of likely N-dealkylation sites (N-methyl/N-ethyl adjacent to an activating group) is 1. The SMILES string of the molecule is CN1CC=Cc2c(Cc3cccc(O)c3)cc3c(=O)n([C@H]4CCCC[C@@H]4O)cnc3c21. The lowest BCUT2D eigenvalue weighted by atomic mass is 9.91. The lowest BCUT2D eigenvalue weighted by Gasteiger charge is -2.30. The Balaban J connectivity index is 1.70. The van der Waals surface area contributed by atoms with Gasteiger partial charge in [-0.3, -0.25) is 9.36 Å². The summed E-state index contributed by atoms with van der Waals surface area (Å²) in [5.74, 6) is 0.232. The van der Waals surface area contributed by atoms with Crippen LogP contribution >= 0.6 is 0 Å². The molecule has 0 amide bonds. The Morgan fingerprint density at radius 1 is 1.19 bits per heavy atom. The van der Waals surface area contributed by atoms with Crippen molar-refractivity contribution >= 4 is 22.7 Å². The minimum atomic E-state index is -0.513. The summed E-state index contributed by atoms with van der Waals surface area (Å²) in [4.78, 5) is 20.4. The third-order valence-electron chi connectivity index (χ3n) is 6.58. The fourth-order valence-corrected chi connectivity index (χ4v) is 5.01. The first-order chi connectivity index (χ1) is 15.0. The molecule has 1 aliphatic carbocycles. The number of benzene rings is 2. The number of aromatic hydroxyl groups is 1. The van der Waals surface area contributed by atoms with Crippen molar-refractivity contribution in [1.29, 1.82) is 0 Å². The number of anilines is 1. The van der Waals surface area contributed by atoms with Crippen LogP contribution in [0.5, 0.6) is 5.75 Å². The van der Waals surface area contributed by atoms with Gasteiger partial charge >= 0.3 is 0 Å². The summed E-state index contributed by atoms with van der Waals surface area (Å²) in [6.45, 7) is 0.754. The number of aliphatic hydroxyl groups excluding tert-OH is 1. The van der Waals surface area contributed by atoms with Gasteiger partial charge in [0.05, 0.1) is 29.5 Å². The second-order valence-electron chi connectivity index (χ2n) is 8.70. The van der Waals surface area contributed by atoms with E-state index in [1.54, 1.807) is 23.0 Å². The van der Waals surface area contributed by atoms with E-state index < -0.39 is 6.10 Å². The van der Waals surface area contributed by atoms with Crippen LogP contribution in [0.3, 0.4) is 0 Å². The van der Waals surface area contributed by atoms with Gasteiger partial charge in [0.15, 0.2) is 0 Å². The Morgan fingerprint density at radius 2 is 2.03 bits per heavy atom. The van der Waals surface area contributed by atoms with Gasteiger partial charge in [-0.2, -0.15) is 0 Å². The Labute approximate surface area is 181 Å². The maximum absolute atomic E-state index is 13.6. The molecule has 0 unspecified atom stereocenters.